The van der Waals surface area contributed by atoms with Crippen molar-refractivity contribution in [2.75, 3.05) is 19.1 Å². The number of benzene rings is 2. The number of hydrogen-bond acceptors (Lipinski definition) is 6. The van der Waals surface area contributed by atoms with Crippen LogP contribution in [0.2, 0.25) is 0 Å². The lowest BCUT2D eigenvalue weighted by Gasteiger charge is -2.11. The molecule has 2 N–H and O–H groups in total. The molecule has 1 aromatic heterocycles. The third kappa shape index (κ3) is 4.16. The lowest BCUT2D eigenvalue weighted by atomic mass is 10.1. The molecular weight excluding hydrogens is 388 g/mol. The molecule has 0 atom stereocenters. The zero-order chi connectivity index (χ0) is 17.6. The highest BCUT2D eigenvalue weighted by molar-refractivity contribution is 9.10. The third-order valence-corrected chi connectivity index (χ3v) is 4.16. The summed E-state index contributed by atoms with van der Waals surface area (Å²) in [5, 5.41) is 2.10. The number of ether oxygens (including phenoxy) is 2. The van der Waals surface area contributed by atoms with Crippen molar-refractivity contribution in [3.8, 4) is 11.6 Å². The van der Waals surface area contributed by atoms with E-state index in [2.05, 4.69) is 36.7 Å². The second-order valence-corrected chi connectivity index (χ2v) is 5.78. The van der Waals surface area contributed by atoms with Crippen molar-refractivity contribution in [1.82, 2.24) is 15.4 Å². The fraction of sp³-hybridized carbons (Fsp3) is 0.118. The largest absolute Gasteiger partial charge is 0.483 e. The second kappa shape index (κ2) is 7.80. The molecule has 25 heavy (non-hydrogen) atoms. The predicted molar refractivity (Wildman–Crippen MR) is 97.5 cm³/mol. The summed E-state index contributed by atoms with van der Waals surface area (Å²) in [6.07, 6.45) is 1.52. The number of nitrogens with one attached hydrogen (secondary N) is 2. The smallest absolute Gasteiger partial charge is 0.276 e. The number of halogens is 1. The number of amides is 1. The van der Waals surface area contributed by atoms with Gasteiger partial charge >= 0.3 is 0 Å². The number of fused-ring (bicyclic) bond motifs is 1. The van der Waals surface area contributed by atoms with Gasteiger partial charge in [-0.2, -0.15) is 4.98 Å². The summed E-state index contributed by atoms with van der Waals surface area (Å²) in [7, 11) is 1.50. The minimum absolute atomic E-state index is 0.159. The standard InChI is InChI=1S/C17H15BrN4O3/c1-24-15-8-9-19-17(20-15)22-21-14(23)10-25-13-7-6-11-4-2-3-5-12(11)16(13)18/h2-9H,10H2,1H3,(H,21,23)(H,19,20,22). The number of rotatable bonds is 6. The van der Waals surface area contributed by atoms with Crippen LogP contribution in [-0.4, -0.2) is 29.6 Å². The zero-order valence-corrected chi connectivity index (χ0v) is 14.9. The van der Waals surface area contributed by atoms with E-state index in [9.17, 15) is 4.79 Å². The molecule has 1 heterocycles. The molecule has 0 saturated heterocycles. The van der Waals surface area contributed by atoms with Crippen molar-refractivity contribution in [1.29, 1.82) is 0 Å². The Morgan fingerprint density at radius 3 is 2.88 bits per heavy atom. The number of hydrazine groups is 1. The van der Waals surface area contributed by atoms with Crippen molar-refractivity contribution >= 4 is 38.6 Å². The summed E-state index contributed by atoms with van der Waals surface area (Å²) in [4.78, 5) is 19.9. The molecule has 0 fully saturated rings. The molecule has 2 aromatic carbocycles. The molecule has 3 aromatic rings. The van der Waals surface area contributed by atoms with Gasteiger partial charge in [-0.3, -0.25) is 15.6 Å². The van der Waals surface area contributed by atoms with E-state index >= 15 is 0 Å². The van der Waals surface area contributed by atoms with E-state index in [1.807, 2.05) is 36.4 Å². The van der Waals surface area contributed by atoms with Gasteiger partial charge in [0.1, 0.15) is 5.75 Å². The Morgan fingerprint density at radius 2 is 2.04 bits per heavy atom. The highest BCUT2D eigenvalue weighted by Gasteiger charge is 2.09. The Bertz CT molecular complexity index is 904. The number of nitrogens with zero attached hydrogens (tertiary/aromatic N) is 2. The van der Waals surface area contributed by atoms with Crippen LogP contribution in [0.5, 0.6) is 11.6 Å². The first-order chi connectivity index (χ1) is 12.2. The van der Waals surface area contributed by atoms with Crippen LogP contribution in [0.25, 0.3) is 10.8 Å². The van der Waals surface area contributed by atoms with E-state index in [1.54, 1.807) is 6.07 Å². The van der Waals surface area contributed by atoms with Crippen LogP contribution in [-0.2, 0) is 4.79 Å². The van der Waals surface area contributed by atoms with Crippen LogP contribution in [0.3, 0.4) is 0 Å². The van der Waals surface area contributed by atoms with Crippen LogP contribution < -0.4 is 20.3 Å². The minimum Gasteiger partial charge on any atom is -0.483 e. The topological polar surface area (TPSA) is 85.4 Å². The third-order valence-electron chi connectivity index (χ3n) is 3.34. The van der Waals surface area contributed by atoms with Crippen molar-refractivity contribution in [3.63, 3.8) is 0 Å². The SMILES string of the molecule is COc1ccnc(NNC(=O)COc2ccc3ccccc3c2Br)n1. The van der Waals surface area contributed by atoms with Gasteiger partial charge < -0.3 is 9.47 Å². The highest BCUT2D eigenvalue weighted by atomic mass is 79.9. The average Bonchev–Trinajstić information content (AvgIpc) is 2.66. The molecule has 0 aliphatic carbocycles. The summed E-state index contributed by atoms with van der Waals surface area (Å²) in [6, 6.07) is 13.3. The zero-order valence-electron chi connectivity index (χ0n) is 13.3. The Kier molecular flexibility index (Phi) is 5.30. The molecule has 128 valence electrons. The molecule has 1 amide bonds. The van der Waals surface area contributed by atoms with E-state index in [1.165, 1.54) is 13.3 Å². The number of anilines is 1. The van der Waals surface area contributed by atoms with Crippen molar-refractivity contribution in [2.24, 2.45) is 0 Å². The molecule has 0 bridgehead atoms. The van der Waals surface area contributed by atoms with Crippen LogP contribution in [0.4, 0.5) is 5.95 Å². The first-order valence-electron chi connectivity index (χ1n) is 7.39. The van der Waals surface area contributed by atoms with Crippen molar-refractivity contribution < 1.29 is 14.3 Å². The number of aromatic nitrogens is 2. The van der Waals surface area contributed by atoms with Gasteiger partial charge in [0.15, 0.2) is 6.61 Å². The quantitative estimate of drug-likeness (QED) is 0.616. The van der Waals surface area contributed by atoms with Crippen molar-refractivity contribution in [3.05, 3.63) is 53.1 Å². The highest BCUT2D eigenvalue weighted by Crippen LogP contribution is 2.32. The molecule has 8 heteroatoms. The monoisotopic (exact) mass is 402 g/mol. The predicted octanol–water partition coefficient (Wildman–Crippen LogP) is 2.92. The van der Waals surface area contributed by atoms with E-state index in [0.717, 1.165) is 15.2 Å². The molecule has 0 radical (unpaired) electrons. The average molecular weight is 403 g/mol. The fourth-order valence-electron chi connectivity index (χ4n) is 2.15. The maximum absolute atomic E-state index is 11.9. The Labute approximate surface area is 152 Å². The van der Waals surface area contributed by atoms with Gasteiger partial charge in [0, 0.05) is 12.3 Å². The number of hydrogen-bond donors (Lipinski definition) is 2. The molecule has 0 unspecified atom stereocenters. The van der Waals surface area contributed by atoms with Gasteiger partial charge in [0.05, 0.1) is 11.6 Å². The van der Waals surface area contributed by atoms with Crippen LogP contribution in [0.15, 0.2) is 53.1 Å². The lowest BCUT2D eigenvalue weighted by Crippen LogP contribution is -2.34. The molecule has 0 saturated carbocycles. The summed E-state index contributed by atoms with van der Waals surface area (Å²) < 4.78 is 11.4. The van der Waals surface area contributed by atoms with Gasteiger partial charge in [-0.25, -0.2) is 4.98 Å². The molecule has 7 nitrogen and oxygen atoms in total. The Balaban J connectivity index is 1.58. The van der Waals surface area contributed by atoms with Crippen LogP contribution >= 0.6 is 15.9 Å². The summed E-state index contributed by atoms with van der Waals surface area (Å²) in [6.45, 7) is -0.159. The summed E-state index contributed by atoms with van der Waals surface area (Å²) in [5.74, 6) is 0.834. The maximum Gasteiger partial charge on any atom is 0.276 e. The van der Waals surface area contributed by atoms with E-state index in [-0.39, 0.29) is 18.5 Å². The first kappa shape index (κ1) is 17.0. The van der Waals surface area contributed by atoms with Gasteiger partial charge in [-0.05, 0) is 32.8 Å². The minimum atomic E-state index is -0.369. The van der Waals surface area contributed by atoms with E-state index in [0.29, 0.717) is 11.6 Å². The molecule has 3 rings (SSSR count). The van der Waals surface area contributed by atoms with Gasteiger partial charge in [0.2, 0.25) is 11.8 Å². The molecule has 0 spiro atoms. The summed E-state index contributed by atoms with van der Waals surface area (Å²) >= 11 is 3.52. The number of methoxy groups -OCH3 is 1. The number of carbonyl (C=O) groups is 1. The Hall–Kier alpha value is -2.87. The maximum atomic E-state index is 11.9. The van der Waals surface area contributed by atoms with Crippen LogP contribution in [0, 0.1) is 0 Å². The van der Waals surface area contributed by atoms with Gasteiger partial charge in [-0.15, -0.1) is 0 Å². The first-order valence-corrected chi connectivity index (χ1v) is 8.18. The number of carbonyl (C=O) groups excluding carboxylic acids is 1. The normalized spacial score (nSPS) is 10.3. The molecule has 0 aliphatic heterocycles. The van der Waals surface area contributed by atoms with E-state index < -0.39 is 0 Å². The molecule has 0 aliphatic rings. The van der Waals surface area contributed by atoms with Crippen LogP contribution in [0.1, 0.15) is 0 Å². The Morgan fingerprint density at radius 1 is 1.20 bits per heavy atom. The van der Waals surface area contributed by atoms with Gasteiger partial charge in [-0.1, -0.05) is 30.3 Å². The van der Waals surface area contributed by atoms with Gasteiger partial charge in [0.25, 0.3) is 5.91 Å². The lowest BCUT2D eigenvalue weighted by molar-refractivity contribution is -0.122. The molecular formula is C17H15BrN4O3. The summed E-state index contributed by atoms with van der Waals surface area (Å²) in [5.41, 5.74) is 5.07. The van der Waals surface area contributed by atoms with E-state index in [4.69, 9.17) is 9.47 Å². The van der Waals surface area contributed by atoms with Crippen molar-refractivity contribution in [2.45, 2.75) is 0 Å². The fourth-order valence-corrected chi connectivity index (χ4v) is 2.75. The second-order valence-electron chi connectivity index (χ2n) is 4.98.